The lowest BCUT2D eigenvalue weighted by Gasteiger charge is -2.03. The summed E-state index contributed by atoms with van der Waals surface area (Å²) >= 11 is 5.64. The third-order valence-electron chi connectivity index (χ3n) is 1.36. The summed E-state index contributed by atoms with van der Waals surface area (Å²) in [5.74, 6) is 0.410. The van der Waals surface area contributed by atoms with Gasteiger partial charge >= 0.3 is 0 Å². The highest BCUT2D eigenvalue weighted by molar-refractivity contribution is 7.90. The normalized spacial score (nSPS) is 11.4. The predicted molar refractivity (Wildman–Crippen MR) is 54.3 cm³/mol. The van der Waals surface area contributed by atoms with Gasteiger partial charge in [0.1, 0.15) is 11.0 Å². The molecule has 14 heavy (non-hydrogen) atoms. The SMILES string of the molecule is CCNc1cc(Cl)nc(S(C)(=O)=O)n1. The maximum atomic E-state index is 11.1. The Bertz CT molecular complexity index is 433. The lowest BCUT2D eigenvalue weighted by Crippen LogP contribution is -2.07. The van der Waals surface area contributed by atoms with Crippen molar-refractivity contribution in [1.29, 1.82) is 0 Å². The van der Waals surface area contributed by atoms with Gasteiger partial charge < -0.3 is 5.32 Å². The molecule has 0 amide bonds. The number of hydrogen-bond acceptors (Lipinski definition) is 5. The summed E-state index contributed by atoms with van der Waals surface area (Å²) in [5.41, 5.74) is 0. The van der Waals surface area contributed by atoms with Crippen molar-refractivity contribution in [1.82, 2.24) is 9.97 Å². The number of anilines is 1. The molecular formula is C7H10ClN3O2S. The van der Waals surface area contributed by atoms with Crippen molar-refractivity contribution in [3.63, 3.8) is 0 Å². The maximum absolute atomic E-state index is 11.1. The summed E-state index contributed by atoms with van der Waals surface area (Å²) < 4.78 is 22.3. The quantitative estimate of drug-likeness (QED) is 0.624. The number of hydrogen-bond donors (Lipinski definition) is 1. The van der Waals surface area contributed by atoms with E-state index in [1.165, 1.54) is 6.07 Å². The molecule has 0 atom stereocenters. The summed E-state index contributed by atoms with van der Waals surface area (Å²) in [7, 11) is -3.41. The second kappa shape index (κ2) is 4.10. The van der Waals surface area contributed by atoms with Gasteiger partial charge in [-0.3, -0.25) is 0 Å². The molecule has 1 rings (SSSR count). The molecule has 1 aromatic rings. The van der Waals surface area contributed by atoms with Crippen molar-refractivity contribution in [2.75, 3.05) is 18.1 Å². The Hall–Kier alpha value is -0.880. The van der Waals surface area contributed by atoms with E-state index in [0.29, 0.717) is 12.4 Å². The van der Waals surface area contributed by atoms with Crippen LogP contribution in [0.2, 0.25) is 5.15 Å². The average Bonchev–Trinajstić information content (AvgIpc) is 2.02. The van der Waals surface area contributed by atoms with E-state index in [1.54, 1.807) is 0 Å². The van der Waals surface area contributed by atoms with Gasteiger partial charge in [0.2, 0.25) is 15.0 Å². The first kappa shape index (κ1) is 11.2. The van der Waals surface area contributed by atoms with Crippen molar-refractivity contribution in [2.24, 2.45) is 0 Å². The van der Waals surface area contributed by atoms with Gasteiger partial charge in [-0.05, 0) is 6.92 Å². The molecule has 7 heteroatoms. The summed E-state index contributed by atoms with van der Waals surface area (Å²) in [6.07, 6.45) is 1.04. The number of aromatic nitrogens is 2. The standard InChI is InChI=1S/C7H10ClN3O2S/c1-3-9-6-4-5(8)10-7(11-6)14(2,12)13/h4H,3H2,1-2H3,(H,9,10,11). The van der Waals surface area contributed by atoms with Crippen molar-refractivity contribution >= 4 is 27.3 Å². The molecule has 0 unspecified atom stereocenters. The predicted octanol–water partition coefficient (Wildman–Crippen LogP) is 0.965. The fourth-order valence-electron chi connectivity index (χ4n) is 0.834. The number of sulfone groups is 1. The van der Waals surface area contributed by atoms with Crippen LogP contribution in [0.15, 0.2) is 11.2 Å². The van der Waals surface area contributed by atoms with E-state index in [4.69, 9.17) is 11.6 Å². The van der Waals surface area contributed by atoms with E-state index in [-0.39, 0.29) is 10.3 Å². The van der Waals surface area contributed by atoms with Crippen LogP contribution in [0.1, 0.15) is 6.92 Å². The highest BCUT2D eigenvalue weighted by Crippen LogP contribution is 2.13. The largest absolute Gasteiger partial charge is 0.370 e. The van der Waals surface area contributed by atoms with E-state index in [2.05, 4.69) is 15.3 Å². The minimum absolute atomic E-state index is 0.108. The first-order valence-corrected chi connectivity index (χ1v) is 6.19. The number of halogens is 1. The Balaban J connectivity index is 3.21. The first-order valence-electron chi connectivity index (χ1n) is 3.92. The molecule has 1 N–H and O–H groups in total. The highest BCUT2D eigenvalue weighted by atomic mass is 35.5. The second-order valence-corrected chi connectivity index (χ2v) is 4.96. The fraction of sp³-hybridized carbons (Fsp3) is 0.429. The van der Waals surface area contributed by atoms with Crippen LogP contribution in [-0.2, 0) is 9.84 Å². The van der Waals surface area contributed by atoms with Gasteiger partial charge in [0, 0.05) is 18.9 Å². The Labute approximate surface area is 87.4 Å². The Kier molecular flexibility index (Phi) is 3.28. The van der Waals surface area contributed by atoms with Gasteiger partial charge in [0.25, 0.3) is 0 Å². The molecule has 1 heterocycles. The smallest absolute Gasteiger partial charge is 0.250 e. The minimum atomic E-state index is -3.41. The van der Waals surface area contributed by atoms with E-state index in [0.717, 1.165) is 6.26 Å². The van der Waals surface area contributed by atoms with E-state index in [9.17, 15) is 8.42 Å². The average molecular weight is 236 g/mol. The molecule has 0 spiro atoms. The summed E-state index contributed by atoms with van der Waals surface area (Å²) in [6.45, 7) is 2.51. The van der Waals surface area contributed by atoms with Crippen molar-refractivity contribution in [3.8, 4) is 0 Å². The Morgan fingerprint density at radius 3 is 2.64 bits per heavy atom. The summed E-state index contributed by atoms with van der Waals surface area (Å²) in [6, 6.07) is 1.47. The van der Waals surface area contributed by atoms with Crippen LogP contribution in [0.25, 0.3) is 0 Å². The molecular weight excluding hydrogens is 226 g/mol. The zero-order valence-corrected chi connectivity index (χ0v) is 9.35. The zero-order valence-electron chi connectivity index (χ0n) is 7.78. The van der Waals surface area contributed by atoms with Crippen molar-refractivity contribution in [2.45, 2.75) is 12.1 Å². The Morgan fingerprint density at radius 2 is 2.14 bits per heavy atom. The molecule has 0 aromatic carbocycles. The molecule has 0 aliphatic heterocycles. The Morgan fingerprint density at radius 1 is 1.50 bits per heavy atom. The summed E-state index contributed by atoms with van der Waals surface area (Å²) in [5, 5.41) is 2.71. The third kappa shape index (κ3) is 2.81. The van der Waals surface area contributed by atoms with E-state index >= 15 is 0 Å². The van der Waals surface area contributed by atoms with Gasteiger partial charge in [0.15, 0.2) is 0 Å². The first-order chi connectivity index (χ1) is 6.43. The number of rotatable bonds is 3. The highest BCUT2D eigenvalue weighted by Gasteiger charge is 2.13. The van der Waals surface area contributed by atoms with Crippen LogP contribution in [0.3, 0.4) is 0 Å². The third-order valence-corrected chi connectivity index (χ3v) is 2.40. The molecule has 0 bridgehead atoms. The van der Waals surface area contributed by atoms with Crippen LogP contribution >= 0.6 is 11.6 Å². The molecule has 0 fully saturated rings. The van der Waals surface area contributed by atoms with E-state index < -0.39 is 9.84 Å². The van der Waals surface area contributed by atoms with Crippen molar-refractivity contribution < 1.29 is 8.42 Å². The second-order valence-electron chi connectivity index (χ2n) is 2.66. The van der Waals surface area contributed by atoms with Gasteiger partial charge in [-0.25, -0.2) is 18.4 Å². The molecule has 78 valence electrons. The molecule has 5 nitrogen and oxygen atoms in total. The fourth-order valence-corrected chi connectivity index (χ4v) is 1.60. The van der Waals surface area contributed by atoms with Gasteiger partial charge in [0.05, 0.1) is 0 Å². The maximum Gasteiger partial charge on any atom is 0.250 e. The molecule has 0 saturated heterocycles. The van der Waals surface area contributed by atoms with Gasteiger partial charge in [-0.1, -0.05) is 11.6 Å². The zero-order chi connectivity index (χ0) is 10.8. The minimum Gasteiger partial charge on any atom is -0.370 e. The molecule has 0 aliphatic carbocycles. The lowest BCUT2D eigenvalue weighted by atomic mass is 10.5. The topological polar surface area (TPSA) is 72.0 Å². The number of nitrogens with zero attached hydrogens (tertiary/aromatic N) is 2. The van der Waals surface area contributed by atoms with Gasteiger partial charge in [-0.2, -0.15) is 0 Å². The molecule has 1 aromatic heterocycles. The van der Waals surface area contributed by atoms with Crippen LogP contribution in [0, 0.1) is 0 Å². The lowest BCUT2D eigenvalue weighted by molar-refractivity contribution is 0.593. The van der Waals surface area contributed by atoms with Crippen LogP contribution < -0.4 is 5.32 Å². The molecule has 0 radical (unpaired) electrons. The molecule has 0 saturated carbocycles. The summed E-state index contributed by atoms with van der Waals surface area (Å²) in [4.78, 5) is 7.41. The van der Waals surface area contributed by atoms with E-state index in [1.807, 2.05) is 6.92 Å². The van der Waals surface area contributed by atoms with Crippen molar-refractivity contribution in [3.05, 3.63) is 11.2 Å². The monoisotopic (exact) mass is 235 g/mol. The van der Waals surface area contributed by atoms with Crippen LogP contribution in [-0.4, -0.2) is 31.2 Å². The van der Waals surface area contributed by atoms with Gasteiger partial charge in [-0.15, -0.1) is 0 Å². The van der Waals surface area contributed by atoms with Crippen LogP contribution in [0.5, 0.6) is 0 Å². The number of nitrogens with one attached hydrogen (secondary N) is 1. The molecule has 0 aliphatic rings. The van der Waals surface area contributed by atoms with Crippen LogP contribution in [0.4, 0.5) is 5.82 Å².